The Morgan fingerprint density at radius 1 is 1.31 bits per heavy atom. The van der Waals surface area contributed by atoms with Crippen LogP contribution in [0, 0.1) is 0 Å². The van der Waals surface area contributed by atoms with Crippen LogP contribution in [0.5, 0.6) is 11.8 Å². The van der Waals surface area contributed by atoms with Gasteiger partial charge >= 0.3 is 0 Å². The van der Waals surface area contributed by atoms with Crippen LogP contribution in [0.2, 0.25) is 0 Å². The molecule has 0 aliphatic rings. The van der Waals surface area contributed by atoms with Gasteiger partial charge in [0.2, 0.25) is 16.9 Å². The number of hydrogen-bond acceptors (Lipinski definition) is 8. The molecule has 3 rings (SSSR count). The van der Waals surface area contributed by atoms with Gasteiger partial charge in [0.05, 0.1) is 18.3 Å². The van der Waals surface area contributed by atoms with Gasteiger partial charge in [-0.05, 0) is 36.2 Å². The molecule has 0 radical (unpaired) electrons. The van der Waals surface area contributed by atoms with Gasteiger partial charge in [-0.3, -0.25) is 10.1 Å². The van der Waals surface area contributed by atoms with E-state index in [1.807, 2.05) is 19.2 Å². The Labute approximate surface area is 159 Å². The predicted molar refractivity (Wildman–Crippen MR) is 101 cm³/mol. The number of hydrogen-bond donors (Lipinski definition) is 1. The quantitative estimate of drug-likeness (QED) is 0.632. The highest BCUT2D eigenvalue weighted by atomic mass is 32.1. The number of nitrogens with zero attached hydrogens (tertiary/aromatic N) is 3. The number of rotatable bonds is 8. The number of carbonyl (C=O) groups is 1. The minimum absolute atomic E-state index is 0.0670. The van der Waals surface area contributed by atoms with Gasteiger partial charge in [-0.25, -0.2) is 0 Å². The van der Waals surface area contributed by atoms with Crippen molar-refractivity contribution >= 4 is 33.7 Å². The van der Waals surface area contributed by atoms with Crippen LogP contribution in [0.15, 0.2) is 34.5 Å². The average Bonchev–Trinajstić information content (AvgIpc) is 3.28. The van der Waals surface area contributed by atoms with Gasteiger partial charge < -0.3 is 9.47 Å². The Kier molecular flexibility index (Phi) is 6.13. The molecule has 0 saturated heterocycles. The molecule has 1 N–H and O–H groups in total. The third-order valence-electron chi connectivity index (χ3n) is 3.20. The summed E-state index contributed by atoms with van der Waals surface area (Å²) in [6.07, 6.45) is 0.704. The molecule has 0 bridgehead atoms. The Morgan fingerprint density at radius 2 is 2.15 bits per heavy atom. The van der Waals surface area contributed by atoms with Crippen LogP contribution < -0.4 is 14.8 Å². The number of aromatic nitrogens is 3. The fourth-order valence-corrected chi connectivity index (χ4v) is 3.24. The monoisotopic (exact) mass is 390 g/mol. The minimum Gasteiger partial charge on any atom is -0.477 e. The molecule has 0 unspecified atom stereocenters. The second kappa shape index (κ2) is 8.72. The standard InChI is InChI=1S/C17H18N4O3S2/c1-11(2)24-15-8-13(16(22)20-17-21-18-10-26-17)7-14(19-15)23-5-3-12-4-6-25-9-12/h4,6-11H,3,5H2,1-2H3,(H,20,21,22). The van der Waals surface area contributed by atoms with Crippen LogP contribution in [0.1, 0.15) is 29.8 Å². The molecule has 9 heteroatoms. The first-order chi connectivity index (χ1) is 12.6. The lowest BCUT2D eigenvalue weighted by atomic mass is 10.2. The molecule has 0 atom stereocenters. The van der Waals surface area contributed by atoms with Crippen molar-refractivity contribution in [1.29, 1.82) is 0 Å². The van der Waals surface area contributed by atoms with Crippen molar-refractivity contribution in [1.82, 2.24) is 15.2 Å². The van der Waals surface area contributed by atoms with E-state index in [4.69, 9.17) is 9.47 Å². The van der Waals surface area contributed by atoms with Crippen LogP contribution in [-0.4, -0.2) is 33.8 Å². The van der Waals surface area contributed by atoms with Gasteiger partial charge in [-0.15, -0.1) is 10.2 Å². The van der Waals surface area contributed by atoms with Crippen LogP contribution in [-0.2, 0) is 6.42 Å². The van der Waals surface area contributed by atoms with Crippen LogP contribution >= 0.6 is 22.7 Å². The second-order valence-electron chi connectivity index (χ2n) is 5.63. The summed E-state index contributed by atoms with van der Waals surface area (Å²) in [5.41, 5.74) is 3.14. The smallest absolute Gasteiger partial charge is 0.257 e. The first-order valence-electron chi connectivity index (χ1n) is 8.00. The van der Waals surface area contributed by atoms with E-state index in [0.29, 0.717) is 29.1 Å². The van der Waals surface area contributed by atoms with Gasteiger partial charge in [-0.1, -0.05) is 11.3 Å². The average molecular weight is 390 g/mol. The fourth-order valence-electron chi connectivity index (χ4n) is 2.09. The maximum Gasteiger partial charge on any atom is 0.257 e. The fraction of sp³-hybridized carbons (Fsp3) is 0.294. The number of ether oxygens (including phenoxy) is 2. The van der Waals surface area contributed by atoms with Crippen molar-refractivity contribution in [3.8, 4) is 11.8 Å². The zero-order valence-corrected chi connectivity index (χ0v) is 16.0. The van der Waals surface area contributed by atoms with E-state index in [1.165, 1.54) is 16.9 Å². The summed E-state index contributed by atoms with van der Waals surface area (Å²) in [5, 5.41) is 14.7. The molecule has 3 aromatic heterocycles. The number of anilines is 1. The molecule has 0 aromatic carbocycles. The molecule has 26 heavy (non-hydrogen) atoms. The zero-order chi connectivity index (χ0) is 18.4. The highest BCUT2D eigenvalue weighted by Gasteiger charge is 2.14. The topological polar surface area (TPSA) is 86.2 Å². The van der Waals surface area contributed by atoms with Gasteiger partial charge in [0.25, 0.3) is 5.91 Å². The van der Waals surface area contributed by atoms with E-state index < -0.39 is 0 Å². The number of nitrogens with one attached hydrogen (secondary N) is 1. The van der Waals surface area contributed by atoms with E-state index >= 15 is 0 Å². The largest absolute Gasteiger partial charge is 0.477 e. The molecule has 0 aliphatic carbocycles. The van der Waals surface area contributed by atoms with E-state index in [0.717, 1.165) is 6.42 Å². The molecule has 0 spiro atoms. The molecule has 136 valence electrons. The van der Waals surface area contributed by atoms with Crippen molar-refractivity contribution in [2.24, 2.45) is 0 Å². The molecular weight excluding hydrogens is 372 g/mol. The first-order valence-corrected chi connectivity index (χ1v) is 9.82. The van der Waals surface area contributed by atoms with Gasteiger partial charge in [0, 0.05) is 18.6 Å². The molecule has 0 fully saturated rings. The van der Waals surface area contributed by atoms with Gasteiger partial charge in [0.15, 0.2) is 0 Å². The van der Waals surface area contributed by atoms with Gasteiger partial charge in [-0.2, -0.15) is 16.3 Å². The Balaban J connectivity index is 1.73. The van der Waals surface area contributed by atoms with Crippen LogP contribution in [0.4, 0.5) is 5.13 Å². The first kappa shape index (κ1) is 18.3. The lowest BCUT2D eigenvalue weighted by Gasteiger charge is -2.12. The summed E-state index contributed by atoms with van der Waals surface area (Å²) in [6, 6.07) is 5.24. The third kappa shape index (κ3) is 5.24. The van der Waals surface area contributed by atoms with Crippen molar-refractivity contribution in [3.05, 3.63) is 45.6 Å². The van der Waals surface area contributed by atoms with E-state index in [2.05, 4.69) is 31.9 Å². The Bertz CT molecular complexity index is 836. The molecule has 0 saturated carbocycles. The van der Waals surface area contributed by atoms with E-state index in [-0.39, 0.29) is 12.0 Å². The summed E-state index contributed by atoms with van der Waals surface area (Å²) < 4.78 is 11.4. The number of pyridine rings is 1. The maximum atomic E-state index is 12.5. The van der Waals surface area contributed by atoms with Crippen molar-refractivity contribution in [2.75, 3.05) is 11.9 Å². The lowest BCUT2D eigenvalue weighted by Crippen LogP contribution is -2.14. The van der Waals surface area contributed by atoms with Gasteiger partial charge in [0.1, 0.15) is 5.51 Å². The molecular formula is C17H18N4O3S2. The van der Waals surface area contributed by atoms with Crippen LogP contribution in [0.25, 0.3) is 0 Å². The lowest BCUT2D eigenvalue weighted by molar-refractivity contribution is 0.102. The highest BCUT2D eigenvalue weighted by molar-refractivity contribution is 7.13. The minimum atomic E-state index is -0.319. The number of amides is 1. The van der Waals surface area contributed by atoms with Crippen LogP contribution in [0.3, 0.4) is 0 Å². The van der Waals surface area contributed by atoms with Crippen molar-refractivity contribution in [2.45, 2.75) is 26.4 Å². The van der Waals surface area contributed by atoms with E-state index in [1.54, 1.807) is 29.0 Å². The van der Waals surface area contributed by atoms with Crippen molar-refractivity contribution < 1.29 is 14.3 Å². The molecule has 1 amide bonds. The molecule has 7 nitrogen and oxygen atoms in total. The van der Waals surface area contributed by atoms with E-state index in [9.17, 15) is 4.79 Å². The zero-order valence-electron chi connectivity index (χ0n) is 14.3. The molecule has 3 aromatic rings. The summed E-state index contributed by atoms with van der Waals surface area (Å²) in [4.78, 5) is 16.8. The third-order valence-corrected chi connectivity index (χ3v) is 4.54. The normalized spacial score (nSPS) is 10.7. The number of thiophene rings is 1. The van der Waals surface area contributed by atoms with Crippen molar-refractivity contribution in [3.63, 3.8) is 0 Å². The number of carbonyl (C=O) groups excluding carboxylic acids is 1. The Hall–Kier alpha value is -2.52. The predicted octanol–water partition coefficient (Wildman–Crippen LogP) is 3.66. The maximum absolute atomic E-state index is 12.5. The molecule has 3 heterocycles. The summed E-state index contributed by atoms with van der Waals surface area (Å²) in [6.45, 7) is 4.26. The SMILES string of the molecule is CC(C)Oc1cc(C(=O)Nc2nncs2)cc(OCCc2ccsc2)n1. The summed E-state index contributed by atoms with van der Waals surface area (Å²) >= 11 is 2.89. The second-order valence-corrected chi connectivity index (χ2v) is 7.24. The summed E-state index contributed by atoms with van der Waals surface area (Å²) in [7, 11) is 0. The Morgan fingerprint density at radius 3 is 2.85 bits per heavy atom. The highest BCUT2D eigenvalue weighted by Crippen LogP contribution is 2.21. The molecule has 0 aliphatic heterocycles. The summed E-state index contributed by atoms with van der Waals surface area (Å²) in [5.74, 6) is 0.372.